The first-order chi connectivity index (χ1) is 9.19. The zero-order valence-corrected chi connectivity index (χ0v) is 11.8. The van der Waals surface area contributed by atoms with Crippen molar-refractivity contribution in [2.75, 3.05) is 6.54 Å². The molecule has 108 valence electrons. The molecule has 20 heavy (non-hydrogen) atoms. The molecule has 1 atom stereocenters. The Morgan fingerprint density at radius 1 is 1.45 bits per heavy atom. The number of allylic oxidation sites excluding steroid dienone is 2. The summed E-state index contributed by atoms with van der Waals surface area (Å²) in [6.07, 6.45) is 6.35. The third kappa shape index (κ3) is 2.05. The first-order valence-corrected chi connectivity index (χ1v) is 7.28. The maximum absolute atomic E-state index is 13.2. The molecule has 0 aromatic carbocycles. The molecule has 1 heterocycles. The molecule has 2 amide bonds. The van der Waals surface area contributed by atoms with Gasteiger partial charge in [0.1, 0.15) is 4.75 Å². The fourth-order valence-electron chi connectivity index (χ4n) is 1.98. The molecule has 0 bridgehead atoms. The molecule has 6 nitrogen and oxygen atoms in total. The summed E-state index contributed by atoms with van der Waals surface area (Å²) in [6, 6.07) is -1.24. The SMILES string of the molecule is CC1=CC(C)(S(=O)(=O)N2C=CCN(F)C2=O)C=CC1=N. The van der Waals surface area contributed by atoms with Crippen molar-refractivity contribution in [3.05, 3.63) is 36.1 Å². The smallest absolute Gasteiger partial charge is 0.301 e. The van der Waals surface area contributed by atoms with Crippen molar-refractivity contribution < 1.29 is 17.7 Å². The van der Waals surface area contributed by atoms with Crippen molar-refractivity contribution in [1.82, 2.24) is 9.43 Å². The van der Waals surface area contributed by atoms with Crippen LogP contribution in [0, 0.1) is 5.41 Å². The molecule has 0 fully saturated rings. The van der Waals surface area contributed by atoms with Crippen LogP contribution in [0.1, 0.15) is 13.8 Å². The molecule has 1 N–H and O–H groups in total. The summed E-state index contributed by atoms with van der Waals surface area (Å²) in [5.41, 5.74) is 0.675. The van der Waals surface area contributed by atoms with Gasteiger partial charge in [0.05, 0.1) is 12.3 Å². The first kappa shape index (κ1) is 14.4. The summed E-state index contributed by atoms with van der Waals surface area (Å²) in [6.45, 7) is 2.72. The van der Waals surface area contributed by atoms with Crippen LogP contribution >= 0.6 is 0 Å². The molecule has 1 aliphatic carbocycles. The maximum atomic E-state index is 13.2. The van der Waals surface area contributed by atoms with Crippen LogP contribution in [-0.2, 0) is 10.0 Å². The largest absolute Gasteiger partial charge is 0.366 e. The zero-order valence-electron chi connectivity index (χ0n) is 11.0. The molecular formula is C12H14FN3O3S. The lowest BCUT2D eigenvalue weighted by Gasteiger charge is -2.33. The molecule has 0 spiro atoms. The Labute approximate surface area is 116 Å². The number of sulfonamides is 1. The van der Waals surface area contributed by atoms with Gasteiger partial charge in [-0.25, -0.2) is 13.2 Å². The summed E-state index contributed by atoms with van der Waals surface area (Å²) in [7, 11) is -4.17. The van der Waals surface area contributed by atoms with Crippen molar-refractivity contribution >= 4 is 21.8 Å². The topological polar surface area (TPSA) is 81.5 Å². The molecule has 8 heteroatoms. The molecular weight excluding hydrogens is 285 g/mol. The molecule has 0 saturated heterocycles. The van der Waals surface area contributed by atoms with Gasteiger partial charge in [0.2, 0.25) is 0 Å². The number of nitrogens with one attached hydrogen (secondary N) is 1. The monoisotopic (exact) mass is 299 g/mol. The minimum absolute atomic E-state index is 0.175. The highest BCUT2D eigenvalue weighted by atomic mass is 32.2. The zero-order chi connectivity index (χ0) is 15.1. The van der Waals surface area contributed by atoms with Gasteiger partial charge in [-0.05, 0) is 31.6 Å². The van der Waals surface area contributed by atoms with E-state index in [0.717, 1.165) is 6.20 Å². The van der Waals surface area contributed by atoms with E-state index in [4.69, 9.17) is 5.41 Å². The molecule has 1 aliphatic heterocycles. The minimum Gasteiger partial charge on any atom is -0.301 e. The average Bonchev–Trinajstić information content (AvgIpc) is 2.37. The van der Waals surface area contributed by atoms with Gasteiger partial charge in [-0.15, -0.1) is 0 Å². The first-order valence-electron chi connectivity index (χ1n) is 5.84. The number of amides is 2. The third-order valence-corrected chi connectivity index (χ3v) is 5.39. The highest BCUT2D eigenvalue weighted by molar-refractivity contribution is 7.91. The second kappa shape index (κ2) is 4.55. The lowest BCUT2D eigenvalue weighted by Crippen LogP contribution is -2.50. The van der Waals surface area contributed by atoms with Crippen molar-refractivity contribution in [3.8, 4) is 0 Å². The highest BCUT2D eigenvalue weighted by Gasteiger charge is 2.44. The van der Waals surface area contributed by atoms with Crippen LogP contribution in [0.5, 0.6) is 0 Å². The normalized spacial score (nSPS) is 27.1. The Bertz CT molecular complexity index is 665. The number of carbonyl (C=O) groups excluding carboxylic acids is 1. The number of urea groups is 1. The van der Waals surface area contributed by atoms with Crippen molar-refractivity contribution in [2.24, 2.45) is 0 Å². The maximum Gasteiger partial charge on any atom is 0.366 e. The molecule has 0 aromatic rings. The van der Waals surface area contributed by atoms with E-state index in [0.29, 0.717) is 9.88 Å². The van der Waals surface area contributed by atoms with Crippen LogP contribution in [0.4, 0.5) is 9.28 Å². The predicted molar refractivity (Wildman–Crippen MR) is 72.1 cm³/mol. The van der Waals surface area contributed by atoms with Gasteiger partial charge < -0.3 is 5.41 Å². The Morgan fingerprint density at radius 3 is 2.70 bits per heavy atom. The fourth-order valence-corrected chi connectivity index (χ4v) is 3.51. The molecule has 0 aromatic heterocycles. The van der Waals surface area contributed by atoms with Gasteiger partial charge >= 0.3 is 6.03 Å². The van der Waals surface area contributed by atoms with Crippen LogP contribution < -0.4 is 0 Å². The summed E-state index contributed by atoms with van der Waals surface area (Å²) in [5, 5.41) is 7.40. The predicted octanol–water partition coefficient (Wildman–Crippen LogP) is 1.75. The van der Waals surface area contributed by atoms with Gasteiger partial charge in [-0.2, -0.15) is 9.43 Å². The summed E-state index contributed by atoms with van der Waals surface area (Å²) < 4.78 is 37.3. The quantitative estimate of drug-likeness (QED) is 0.789. The van der Waals surface area contributed by atoms with Crippen molar-refractivity contribution in [2.45, 2.75) is 18.6 Å². The van der Waals surface area contributed by atoms with Gasteiger partial charge in [-0.1, -0.05) is 16.6 Å². The summed E-state index contributed by atoms with van der Waals surface area (Å²) in [4.78, 5) is 11.7. The van der Waals surface area contributed by atoms with Crippen molar-refractivity contribution in [3.63, 3.8) is 0 Å². The van der Waals surface area contributed by atoms with Gasteiger partial charge in [-0.3, -0.25) is 0 Å². The van der Waals surface area contributed by atoms with E-state index in [-0.39, 0.29) is 17.4 Å². The van der Waals surface area contributed by atoms with Crippen LogP contribution in [-0.4, -0.2) is 40.9 Å². The third-order valence-electron chi connectivity index (χ3n) is 3.23. The average molecular weight is 299 g/mol. The molecule has 0 saturated carbocycles. The Balaban J connectivity index is 2.48. The number of hydrogen-bond donors (Lipinski definition) is 1. The molecule has 0 radical (unpaired) electrons. The Kier molecular flexibility index (Phi) is 3.29. The second-order valence-corrected chi connectivity index (χ2v) is 6.99. The Morgan fingerprint density at radius 2 is 2.10 bits per heavy atom. The van der Waals surface area contributed by atoms with Crippen LogP contribution in [0.3, 0.4) is 0 Å². The van der Waals surface area contributed by atoms with Crippen LogP contribution in [0.2, 0.25) is 0 Å². The number of halogens is 1. The number of nitrogens with zero attached hydrogens (tertiary/aromatic N) is 2. The Hall–Kier alpha value is -1.96. The highest BCUT2D eigenvalue weighted by Crippen LogP contribution is 2.31. The van der Waals surface area contributed by atoms with Gasteiger partial charge in [0.15, 0.2) is 0 Å². The van der Waals surface area contributed by atoms with E-state index >= 15 is 0 Å². The van der Waals surface area contributed by atoms with E-state index in [1.165, 1.54) is 31.2 Å². The lowest BCUT2D eigenvalue weighted by atomic mass is 9.97. The standard InChI is InChI=1S/C12H14FN3O3S/c1-9-8-12(2,5-4-10(9)14)20(18,19)16-7-3-6-15(13)11(16)17/h3-5,7-8,14H,6H2,1-2H3. The van der Waals surface area contributed by atoms with E-state index in [9.17, 15) is 17.7 Å². The number of rotatable bonds is 2. The molecule has 2 rings (SSSR count). The molecule has 1 unspecified atom stereocenters. The van der Waals surface area contributed by atoms with E-state index in [2.05, 4.69) is 0 Å². The second-order valence-electron chi connectivity index (χ2n) is 4.77. The van der Waals surface area contributed by atoms with Gasteiger partial charge in [0.25, 0.3) is 10.0 Å². The minimum atomic E-state index is -4.17. The van der Waals surface area contributed by atoms with E-state index < -0.39 is 20.8 Å². The van der Waals surface area contributed by atoms with E-state index in [1.807, 2.05) is 0 Å². The molecule has 2 aliphatic rings. The number of hydrogen-bond acceptors (Lipinski definition) is 4. The van der Waals surface area contributed by atoms with Crippen LogP contribution in [0.25, 0.3) is 0 Å². The number of carbonyl (C=O) groups is 1. The van der Waals surface area contributed by atoms with Gasteiger partial charge in [0, 0.05) is 6.20 Å². The van der Waals surface area contributed by atoms with E-state index in [1.54, 1.807) is 6.92 Å². The fraction of sp³-hybridized carbons (Fsp3) is 0.333. The summed E-state index contributed by atoms with van der Waals surface area (Å²) >= 11 is 0. The van der Waals surface area contributed by atoms with Crippen molar-refractivity contribution in [1.29, 1.82) is 5.41 Å². The van der Waals surface area contributed by atoms with Crippen LogP contribution in [0.15, 0.2) is 36.1 Å². The lowest BCUT2D eigenvalue weighted by molar-refractivity contribution is 0.0649. The summed E-state index contributed by atoms with van der Waals surface area (Å²) in [5.74, 6) is 0.